The second-order valence-corrected chi connectivity index (χ2v) is 4.50. The van der Waals surface area contributed by atoms with Crippen molar-refractivity contribution in [3.8, 4) is 12.1 Å². The summed E-state index contributed by atoms with van der Waals surface area (Å²) in [5.74, 6) is 0. The molecule has 0 aromatic heterocycles. The molecule has 0 heterocycles. The molecule has 1 rings (SSSR count). The summed E-state index contributed by atoms with van der Waals surface area (Å²) in [5.41, 5.74) is -1.60. The third kappa shape index (κ3) is 3.97. The topological polar surface area (TPSA) is 67.8 Å². The molecule has 1 aromatic carbocycles. The quantitative estimate of drug-likeness (QED) is 0.902. The van der Waals surface area contributed by atoms with E-state index in [9.17, 15) is 13.2 Å². The number of aliphatic hydroxyl groups excluding tert-OH is 1. The molecule has 6 heteroatoms. The maximum Gasteiger partial charge on any atom is 0.416 e. The van der Waals surface area contributed by atoms with Crippen LogP contribution in [-0.2, 0) is 12.6 Å². The van der Waals surface area contributed by atoms with Crippen LogP contribution in [-0.4, -0.2) is 11.7 Å². The van der Waals surface area contributed by atoms with Gasteiger partial charge in [-0.05, 0) is 30.5 Å². The van der Waals surface area contributed by atoms with Crippen LogP contribution in [0.3, 0.4) is 0 Å². The van der Waals surface area contributed by atoms with E-state index in [1.165, 1.54) is 12.1 Å². The van der Waals surface area contributed by atoms with Crippen LogP contribution in [0.4, 0.5) is 13.2 Å². The van der Waals surface area contributed by atoms with E-state index in [-0.39, 0.29) is 19.4 Å². The van der Waals surface area contributed by atoms with Gasteiger partial charge in [0.1, 0.15) is 5.41 Å². The van der Waals surface area contributed by atoms with Crippen LogP contribution in [0, 0.1) is 28.1 Å². The van der Waals surface area contributed by atoms with Crippen molar-refractivity contribution in [1.82, 2.24) is 0 Å². The highest BCUT2D eigenvalue weighted by atomic mass is 19.4. The van der Waals surface area contributed by atoms with E-state index >= 15 is 0 Å². The number of rotatable bonds is 5. The molecule has 0 aliphatic rings. The zero-order valence-corrected chi connectivity index (χ0v) is 10.6. The number of alkyl halides is 3. The van der Waals surface area contributed by atoms with Crippen LogP contribution in [0.1, 0.15) is 24.0 Å². The molecule has 1 N–H and O–H groups in total. The molecule has 1 aromatic rings. The van der Waals surface area contributed by atoms with Gasteiger partial charge in [0.05, 0.1) is 17.7 Å². The Morgan fingerprint density at radius 2 is 1.60 bits per heavy atom. The van der Waals surface area contributed by atoms with E-state index in [0.717, 1.165) is 12.1 Å². The summed E-state index contributed by atoms with van der Waals surface area (Å²) >= 11 is 0. The smallest absolute Gasteiger partial charge is 0.396 e. The van der Waals surface area contributed by atoms with Gasteiger partial charge in [0.15, 0.2) is 0 Å². The Hall–Kier alpha value is -2.05. The molecule has 0 spiro atoms. The molecular weight excluding hydrogens is 269 g/mol. The van der Waals surface area contributed by atoms with Crippen LogP contribution in [0.15, 0.2) is 24.3 Å². The number of benzene rings is 1. The van der Waals surface area contributed by atoms with Crippen LogP contribution in [0.2, 0.25) is 0 Å². The van der Waals surface area contributed by atoms with Gasteiger partial charge in [-0.25, -0.2) is 0 Å². The first-order valence-corrected chi connectivity index (χ1v) is 5.96. The Balaban J connectivity index is 2.91. The zero-order chi connectivity index (χ0) is 15.2. The highest BCUT2D eigenvalue weighted by Crippen LogP contribution is 2.31. The van der Waals surface area contributed by atoms with Gasteiger partial charge >= 0.3 is 6.18 Å². The SMILES string of the molecule is N#CC(C#N)(CCCO)Cc1ccc(C(F)(F)F)cc1. The first-order chi connectivity index (χ1) is 9.37. The van der Waals surface area contributed by atoms with Crippen molar-refractivity contribution in [3.05, 3.63) is 35.4 Å². The average molecular weight is 282 g/mol. The Morgan fingerprint density at radius 3 is 2.00 bits per heavy atom. The highest BCUT2D eigenvalue weighted by molar-refractivity contribution is 5.28. The molecule has 20 heavy (non-hydrogen) atoms. The number of aliphatic hydroxyl groups is 1. The highest BCUT2D eigenvalue weighted by Gasteiger charge is 2.32. The number of hydrogen-bond donors (Lipinski definition) is 1. The van der Waals surface area contributed by atoms with Crippen molar-refractivity contribution in [3.63, 3.8) is 0 Å². The molecular formula is C14H13F3N2O. The Morgan fingerprint density at radius 1 is 1.05 bits per heavy atom. The summed E-state index contributed by atoms with van der Waals surface area (Å²) in [6.45, 7) is -0.141. The van der Waals surface area contributed by atoms with Gasteiger partial charge in [0, 0.05) is 13.0 Å². The molecule has 0 radical (unpaired) electrons. The van der Waals surface area contributed by atoms with Gasteiger partial charge in [0.25, 0.3) is 0 Å². The normalized spacial score (nSPS) is 11.7. The molecule has 0 aliphatic heterocycles. The van der Waals surface area contributed by atoms with Crippen LogP contribution < -0.4 is 0 Å². The minimum absolute atomic E-state index is 0.0398. The van der Waals surface area contributed by atoms with Crippen molar-refractivity contribution in [2.24, 2.45) is 5.41 Å². The van der Waals surface area contributed by atoms with Gasteiger partial charge in [0.2, 0.25) is 0 Å². The van der Waals surface area contributed by atoms with Crippen molar-refractivity contribution < 1.29 is 18.3 Å². The molecule has 0 bridgehead atoms. The minimum Gasteiger partial charge on any atom is -0.396 e. The summed E-state index contributed by atoms with van der Waals surface area (Å²) < 4.78 is 37.3. The second-order valence-electron chi connectivity index (χ2n) is 4.50. The van der Waals surface area contributed by atoms with Crippen molar-refractivity contribution in [2.45, 2.75) is 25.4 Å². The Labute approximate surface area is 114 Å². The van der Waals surface area contributed by atoms with Crippen LogP contribution in [0.5, 0.6) is 0 Å². The summed E-state index contributed by atoms with van der Waals surface area (Å²) in [5, 5.41) is 27.0. The molecule has 106 valence electrons. The summed E-state index contributed by atoms with van der Waals surface area (Å²) in [6.07, 6.45) is -3.89. The number of halogens is 3. The summed E-state index contributed by atoms with van der Waals surface area (Å²) in [7, 11) is 0. The maximum atomic E-state index is 12.4. The molecule has 0 amide bonds. The fraction of sp³-hybridized carbons (Fsp3) is 0.429. The standard InChI is InChI=1S/C14H13F3N2O/c15-14(16,17)12-4-2-11(3-5-12)8-13(9-18,10-19)6-1-7-20/h2-5,20H,1,6-8H2. The lowest BCUT2D eigenvalue weighted by molar-refractivity contribution is -0.137. The lowest BCUT2D eigenvalue weighted by Gasteiger charge is -2.18. The van der Waals surface area contributed by atoms with Gasteiger partial charge in [-0.3, -0.25) is 0 Å². The van der Waals surface area contributed by atoms with E-state index in [4.69, 9.17) is 15.6 Å². The fourth-order valence-electron chi connectivity index (χ4n) is 1.85. The third-order valence-electron chi connectivity index (χ3n) is 2.98. The number of hydrogen-bond acceptors (Lipinski definition) is 3. The minimum atomic E-state index is -4.41. The molecule has 0 fully saturated rings. The first kappa shape index (κ1) is 16.0. The fourth-order valence-corrected chi connectivity index (χ4v) is 1.85. The van der Waals surface area contributed by atoms with Crippen molar-refractivity contribution >= 4 is 0 Å². The van der Waals surface area contributed by atoms with E-state index in [1.54, 1.807) is 0 Å². The van der Waals surface area contributed by atoms with E-state index in [1.807, 2.05) is 12.1 Å². The van der Waals surface area contributed by atoms with Crippen LogP contribution >= 0.6 is 0 Å². The second kappa shape index (κ2) is 6.40. The molecule has 0 atom stereocenters. The predicted molar refractivity (Wildman–Crippen MR) is 65.1 cm³/mol. The molecule has 3 nitrogen and oxygen atoms in total. The van der Waals surface area contributed by atoms with Crippen LogP contribution in [0.25, 0.3) is 0 Å². The number of nitriles is 2. The summed E-state index contributed by atoms with van der Waals surface area (Å²) in [6, 6.07) is 8.20. The van der Waals surface area contributed by atoms with Gasteiger partial charge in [-0.15, -0.1) is 0 Å². The largest absolute Gasteiger partial charge is 0.416 e. The average Bonchev–Trinajstić information content (AvgIpc) is 2.43. The number of nitrogens with zero attached hydrogens (tertiary/aromatic N) is 2. The lowest BCUT2D eigenvalue weighted by atomic mass is 9.80. The van der Waals surface area contributed by atoms with E-state index in [0.29, 0.717) is 12.0 Å². The van der Waals surface area contributed by atoms with Crippen molar-refractivity contribution in [2.75, 3.05) is 6.61 Å². The monoisotopic (exact) mass is 282 g/mol. The molecule has 0 unspecified atom stereocenters. The lowest BCUT2D eigenvalue weighted by Crippen LogP contribution is -2.20. The predicted octanol–water partition coefficient (Wildman–Crippen LogP) is 3.05. The molecule has 0 saturated carbocycles. The van der Waals surface area contributed by atoms with Crippen molar-refractivity contribution in [1.29, 1.82) is 10.5 Å². The third-order valence-corrected chi connectivity index (χ3v) is 2.98. The van der Waals surface area contributed by atoms with Gasteiger partial charge < -0.3 is 5.11 Å². The van der Waals surface area contributed by atoms with Gasteiger partial charge in [-0.1, -0.05) is 12.1 Å². The zero-order valence-electron chi connectivity index (χ0n) is 10.6. The Kier molecular flexibility index (Phi) is 5.12. The van der Waals surface area contributed by atoms with Gasteiger partial charge in [-0.2, -0.15) is 23.7 Å². The molecule has 0 aliphatic carbocycles. The summed E-state index contributed by atoms with van der Waals surface area (Å²) in [4.78, 5) is 0. The molecule has 0 saturated heterocycles. The Bertz CT molecular complexity index is 509. The maximum absolute atomic E-state index is 12.4. The van der Waals surface area contributed by atoms with E-state index in [2.05, 4.69) is 0 Å². The van der Waals surface area contributed by atoms with E-state index < -0.39 is 17.2 Å². The first-order valence-electron chi connectivity index (χ1n) is 5.96.